The van der Waals surface area contributed by atoms with Crippen molar-refractivity contribution < 1.29 is 9.92 Å². The molecule has 0 aliphatic heterocycles. The third kappa shape index (κ3) is 3.10. The molecule has 8 heavy (non-hydrogen) atoms. The van der Waals surface area contributed by atoms with Crippen molar-refractivity contribution in [2.75, 3.05) is 0 Å². The molecule has 0 fully saturated rings. The second kappa shape index (κ2) is 2.98. The molecule has 0 spiro atoms. The molecule has 0 saturated carbocycles. The highest BCUT2D eigenvalue weighted by Gasteiger charge is 1.98. The van der Waals surface area contributed by atoms with E-state index in [4.69, 9.17) is 5.73 Å². The standard InChI is InChI=1S/C3H6N2O3/c1-2-3(4)8-5(6)7/h2-3H,1,4H2. The van der Waals surface area contributed by atoms with Gasteiger partial charge in [0.05, 0.1) is 0 Å². The average Bonchev–Trinajstić information content (AvgIpc) is 1.65. The van der Waals surface area contributed by atoms with Gasteiger partial charge in [-0.1, -0.05) is 6.58 Å². The number of rotatable bonds is 3. The summed E-state index contributed by atoms with van der Waals surface area (Å²) < 4.78 is 0. The van der Waals surface area contributed by atoms with Crippen LogP contribution in [0.5, 0.6) is 0 Å². The summed E-state index contributed by atoms with van der Waals surface area (Å²) in [4.78, 5) is 13.2. The number of nitrogens with zero attached hydrogens (tertiary/aromatic N) is 1. The summed E-state index contributed by atoms with van der Waals surface area (Å²) in [6.45, 7) is 3.16. The first-order chi connectivity index (χ1) is 3.66. The number of hydrogen-bond acceptors (Lipinski definition) is 4. The van der Waals surface area contributed by atoms with Gasteiger partial charge in [-0.2, -0.15) is 0 Å². The Hall–Kier alpha value is -1.10. The Labute approximate surface area is 45.8 Å². The molecule has 2 N–H and O–H groups in total. The van der Waals surface area contributed by atoms with E-state index in [2.05, 4.69) is 11.4 Å². The van der Waals surface area contributed by atoms with E-state index in [1.807, 2.05) is 0 Å². The van der Waals surface area contributed by atoms with Crippen molar-refractivity contribution in [2.45, 2.75) is 6.23 Å². The van der Waals surface area contributed by atoms with Gasteiger partial charge in [0.1, 0.15) is 0 Å². The lowest BCUT2D eigenvalue weighted by Gasteiger charge is -1.99. The molecular weight excluding hydrogens is 112 g/mol. The minimum atomic E-state index is -1.01. The molecule has 46 valence electrons. The van der Waals surface area contributed by atoms with Crippen molar-refractivity contribution in [3.63, 3.8) is 0 Å². The van der Waals surface area contributed by atoms with Crippen LogP contribution in [0.4, 0.5) is 0 Å². The highest BCUT2D eigenvalue weighted by molar-refractivity contribution is 4.72. The SMILES string of the molecule is C=CC(N)O[N+](=O)[O-]. The van der Waals surface area contributed by atoms with E-state index in [-0.39, 0.29) is 0 Å². The summed E-state index contributed by atoms with van der Waals surface area (Å²) in [5.41, 5.74) is 4.89. The van der Waals surface area contributed by atoms with E-state index < -0.39 is 11.3 Å². The minimum Gasteiger partial charge on any atom is -0.303 e. The zero-order chi connectivity index (χ0) is 6.57. The maximum atomic E-state index is 9.42. The smallest absolute Gasteiger partial charge is 0.296 e. The van der Waals surface area contributed by atoms with E-state index in [9.17, 15) is 10.1 Å². The average molecular weight is 118 g/mol. The summed E-state index contributed by atoms with van der Waals surface area (Å²) >= 11 is 0. The van der Waals surface area contributed by atoms with Gasteiger partial charge in [0, 0.05) is 0 Å². The van der Waals surface area contributed by atoms with Crippen LogP contribution in [0, 0.1) is 10.1 Å². The Morgan fingerprint density at radius 1 is 2.00 bits per heavy atom. The Bertz CT molecular complexity index is 103. The van der Waals surface area contributed by atoms with E-state index in [1.54, 1.807) is 0 Å². The van der Waals surface area contributed by atoms with Crippen LogP contribution >= 0.6 is 0 Å². The molecule has 0 amide bonds. The molecule has 0 aromatic rings. The highest BCUT2D eigenvalue weighted by atomic mass is 17.0. The Morgan fingerprint density at radius 2 is 2.50 bits per heavy atom. The van der Waals surface area contributed by atoms with Crippen molar-refractivity contribution in [1.29, 1.82) is 0 Å². The third-order valence-electron chi connectivity index (χ3n) is 0.440. The maximum Gasteiger partial charge on any atom is 0.296 e. The molecule has 0 bridgehead atoms. The molecule has 0 aliphatic carbocycles. The summed E-state index contributed by atoms with van der Waals surface area (Å²) in [6, 6.07) is 0. The predicted octanol–water partition coefficient (Wildman–Crippen LogP) is -0.334. The molecule has 1 unspecified atom stereocenters. The van der Waals surface area contributed by atoms with Gasteiger partial charge in [0.2, 0.25) is 0 Å². The van der Waals surface area contributed by atoms with E-state index in [0.717, 1.165) is 6.08 Å². The Balaban J connectivity index is 3.38. The second-order valence-electron chi connectivity index (χ2n) is 1.03. The molecular formula is C3H6N2O3. The van der Waals surface area contributed by atoms with Crippen LogP contribution in [0.25, 0.3) is 0 Å². The lowest BCUT2D eigenvalue weighted by Crippen LogP contribution is -2.23. The van der Waals surface area contributed by atoms with Gasteiger partial charge in [0.25, 0.3) is 5.09 Å². The molecule has 1 atom stereocenters. The van der Waals surface area contributed by atoms with Gasteiger partial charge in [-0.25, -0.2) is 0 Å². The van der Waals surface area contributed by atoms with Crippen LogP contribution in [0.1, 0.15) is 0 Å². The number of nitrogens with two attached hydrogens (primary N) is 1. The fourth-order valence-electron chi connectivity index (χ4n) is 0.142. The molecule has 5 nitrogen and oxygen atoms in total. The van der Waals surface area contributed by atoms with Crippen LogP contribution in [-0.2, 0) is 4.84 Å². The third-order valence-corrected chi connectivity index (χ3v) is 0.440. The zero-order valence-corrected chi connectivity index (χ0v) is 4.11. The summed E-state index contributed by atoms with van der Waals surface area (Å²) in [7, 11) is 0. The lowest BCUT2D eigenvalue weighted by atomic mass is 10.6. The summed E-state index contributed by atoms with van der Waals surface area (Å²) in [5.74, 6) is 0. The normalized spacial score (nSPS) is 12.1. The van der Waals surface area contributed by atoms with Crippen molar-refractivity contribution in [1.82, 2.24) is 0 Å². The van der Waals surface area contributed by atoms with Crippen LogP contribution in [0.15, 0.2) is 12.7 Å². The molecule has 0 saturated heterocycles. The molecule has 0 aliphatic rings. The Kier molecular flexibility index (Phi) is 2.57. The maximum absolute atomic E-state index is 9.42. The van der Waals surface area contributed by atoms with Crippen LogP contribution in [0.2, 0.25) is 0 Å². The van der Waals surface area contributed by atoms with Gasteiger partial charge >= 0.3 is 0 Å². The van der Waals surface area contributed by atoms with Gasteiger partial charge in [-0.15, -0.1) is 10.1 Å². The largest absolute Gasteiger partial charge is 0.303 e. The fraction of sp³-hybridized carbons (Fsp3) is 0.333. The second-order valence-corrected chi connectivity index (χ2v) is 1.03. The topological polar surface area (TPSA) is 78.4 Å². The van der Waals surface area contributed by atoms with Crippen molar-refractivity contribution in [3.8, 4) is 0 Å². The van der Waals surface area contributed by atoms with E-state index >= 15 is 0 Å². The first-order valence-corrected chi connectivity index (χ1v) is 1.86. The zero-order valence-electron chi connectivity index (χ0n) is 4.11. The quantitative estimate of drug-likeness (QED) is 0.238. The van der Waals surface area contributed by atoms with Crippen molar-refractivity contribution in [3.05, 3.63) is 22.8 Å². The van der Waals surface area contributed by atoms with Crippen molar-refractivity contribution >= 4 is 0 Å². The Morgan fingerprint density at radius 3 is 2.62 bits per heavy atom. The van der Waals surface area contributed by atoms with Gasteiger partial charge in [-0.3, -0.25) is 4.84 Å². The highest BCUT2D eigenvalue weighted by Crippen LogP contribution is 1.81. The summed E-state index contributed by atoms with van der Waals surface area (Å²) in [6.07, 6.45) is 0.119. The van der Waals surface area contributed by atoms with Gasteiger partial charge in [0.15, 0.2) is 6.23 Å². The van der Waals surface area contributed by atoms with Crippen molar-refractivity contribution in [2.24, 2.45) is 5.73 Å². The fourth-order valence-corrected chi connectivity index (χ4v) is 0.142. The molecule has 0 aromatic carbocycles. The van der Waals surface area contributed by atoms with Crippen LogP contribution in [-0.4, -0.2) is 11.3 Å². The first kappa shape index (κ1) is 6.90. The van der Waals surface area contributed by atoms with Crippen LogP contribution < -0.4 is 5.73 Å². The monoisotopic (exact) mass is 118 g/mol. The molecule has 0 radical (unpaired) electrons. The van der Waals surface area contributed by atoms with Gasteiger partial charge < -0.3 is 5.73 Å². The molecule has 0 rings (SSSR count). The number of hydrogen-bond donors (Lipinski definition) is 1. The van der Waals surface area contributed by atoms with E-state index in [0.29, 0.717) is 0 Å². The van der Waals surface area contributed by atoms with E-state index in [1.165, 1.54) is 0 Å². The van der Waals surface area contributed by atoms with Crippen LogP contribution in [0.3, 0.4) is 0 Å². The minimum absolute atomic E-state index is 0.966. The van der Waals surface area contributed by atoms with Gasteiger partial charge in [-0.05, 0) is 6.08 Å². The molecule has 5 heteroatoms. The first-order valence-electron chi connectivity index (χ1n) is 1.86. The summed E-state index contributed by atoms with van der Waals surface area (Å²) in [5, 5.41) is 8.46. The molecule has 0 heterocycles. The molecule has 0 aromatic heterocycles. The predicted molar refractivity (Wildman–Crippen MR) is 26.3 cm³/mol. The lowest BCUT2D eigenvalue weighted by molar-refractivity contribution is -0.765.